The van der Waals surface area contributed by atoms with Crippen LogP contribution >= 0.6 is 0 Å². The minimum Gasteiger partial charge on any atom is -0.329 e. The number of aromatic nitrogens is 2. The zero-order valence-corrected chi connectivity index (χ0v) is 12.5. The van der Waals surface area contributed by atoms with Gasteiger partial charge in [0, 0.05) is 23.9 Å². The van der Waals surface area contributed by atoms with Gasteiger partial charge in [0.2, 0.25) is 0 Å². The van der Waals surface area contributed by atoms with Crippen LogP contribution in [0.2, 0.25) is 0 Å². The molecule has 20 heavy (non-hydrogen) atoms. The van der Waals surface area contributed by atoms with Crippen molar-refractivity contribution < 1.29 is 4.79 Å². The Balaban J connectivity index is 2.37. The molecule has 2 N–H and O–H groups in total. The Labute approximate surface area is 120 Å². The van der Waals surface area contributed by atoms with Crippen LogP contribution in [0.4, 0.5) is 0 Å². The fourth-order valence-electron chi connectivity index (χ4n) is 2.39. The molecule has 0 radical (unpaired) electrons. The number of para-hydroxylation sites is 1. The van der Waals surface area contributed by atoms with Crippen LogP contribution in [0, 0.1) is 5.41 Å². The number of nitrogens with two attached hydrogens (primary N) is 1. The maximum atomic E-state index is 12.5. The first-order valence-corrected chi connectivity index (χ1v) is 7.23. The largest absolute Gasteiger partial charge is 0.329 e. The average Bonchev–Trinajstić information content (AvgIpc) is 2.84. The van der Waals surface area contributed by atoms with E-state index >= 15 is 0 Å². The molecule has 1 atom stereocenters. The number of Topliss-reactive ketones (excluding diaryl/α,β-unsaturated/α-hetero) is 1. The van der Waals surface area contributed by atoms with Gasteiger partial charge < -0.3 is 5.73 Å². The van der Waals surface area contributed by atoms with E-state index in [1.54, 1.807) is 0 Å². The van der Waals surface area contributed by atoms with E-state index in [0.29, 0.717) is 13.0 Å². The summed E-state index contributed by atoms with van der Waals surface area (Å²) in [5.74, 6) is 0.175. The number of aryl methyl sites for hydroxylation is 1. The Morgan fingerprint density at radius 2 is 2.05 bits per heavy atom. The number of hydrogen-bond donors (Lipinski definition) is 1. The van der Waals surface area contributed by atoms with Gasteiger partial charge in [0.15, 0.2) is 0 Å². The van der Waals surface area contributed by atoms with E-state index in [9.17, 15) is 4.79 Å². The molecule has 0 saturated heterocycles. The number of benzene rings is 1. The SMILES string of the molecule is CCn1nc(CC(=O)C(C)(CC)CN)c2ccccc21. The third-order valence-corrected chi connectivity index (χ3v) is 4.27. The van der Waals surface area contributed by atoms with E-state index in [2.05, 4.69) is 12.0 Å². The maximum Gasteiger partial charge on any atom is 0.146 e. The minimum absolute atomic E-state index is 0.175. The summed E-state index contributed by atoms with van der Waals surface area (Å²) < 4.78 is 1.95. The fraction of sp³-hybridized carbons (Fsp3) is 0.500. The Bertz CT molecular complexity index is 611. The molecule has 0 aliphatic carbocycles. The summed E-state index contributed by atoms with van der Waals surface area (Å²) in [4.78, 5) is 12.5. The summed E-state index contributed by atoms with van der Waals surface area (Å²) in [5.41, 5.74) is 7.27. The quantitative estimate of drug-likeness (QED) is 0.879. The van der Waals surface area contributed by atoms with Crippen molar-refractivity contribution in [2.45, 2.75) is 40.2 Å². The first-order chi connectivity index (χ1) is 9.55. The van der Waals surface area contributed by atoms with E-state index in [4.69, 9.17) is 5.73 Å². The molecule has 0 aliphatic heterocycles. The molecule has 0 saturated carbocycles. The maximum absolute atomic E-state index is 12.5. The van der Waals surface area contributed by atoms with E-state index < -0.39 is 5.41 Å². The zero-order chi connectivity index (χ0) is 14.8. The average molecular weight is 273 g/mol. The first-order valence-electron chi connectivity index (χ1n) is 7.23. The van der Waals surface area contributed by atoms with Gasteiger partial charge in [0.05, 0.1) is 17.6 Å². The number of nitrogens with zero attached hydrogens (tertiary/aromatic N) is 2. The topological polar surface area (TPSA) is 60.9 Å². The molecule has 1 heterocycles. The summed E-state index contributed by atoms with van der Waals surface area (Å²) in [5, 5.41) is 5.65. The molecule has 1 unspecified atom stereocenters. The van der Waals surface area contributed by atoms with Crippen LogP contribution in [0.3, 0.4) is 0 Å². The van der Waals surface area contributed by atoms with Crippen molar-refractivity contribution in [2.75, 3.05) is 6.54 Å². The Hall–Kier alpha value is -1.68. The smallest absolute Gasteiger partial charge is 0.146 e. The summed E-state index contributed by atoms with van der Waals surface area (Å²) in [6.45, 7) is 7.19. The standard InChI is InChI=1S/C16H23N3O/c1-4-16(3,11-17)15(20)10-13-12-8-6-7-9-14(12)19(5-2)18-13/h6-9H,4-5,10-11,17H2,1-3H3. The van der Waals surface area contributed by atoms with Crippen LogP contribution in [0.5, 0.6) is 0 Å². The number of hydrogen-bond acceptors (Lipinski definition) is 3. The minimum atomic E-state index is -0.447. The van der Waals surface area contributed by atoms with Gasteiger partial charge >= 0.3 is 0 Å². The van der Waals surface area contributed by atoms with Crippen LogP contribution in [0.1, 0.15) is 32.9 Å². The molecule has 0 bridgehead atoms. The van der Waals surface area contributed by atoms with Crippen molar-refractivity contribution in [3.05, 3.63) is 30.0 Å². The fourth-order valence-corrected chi connectivity index (χ4v) is 2.39. The van der Waals surface area contributed by atoms with Gasteiger partial charge in [-0.2, -0.15) is 5.10 Å². The summed E-state index contributed by atoms with van der Waals surface area (Å²) in [6, 6.07) is 8.06. The van der Waals surface area contributed by atoms with Crippen LogP contribution in [-0.2, 0) is 17.8 Å². The van der Waals surface area contributed by atoms with Gasteiger partial charge in [0.25, 0.3) is 0 Å². The highest BCUT2D eigenvalue weighted by molar-refractivity contribution is 5.91. The molecule has 2 rings (SSSR count). The highest BCUT2D eigenvalue weighted by atomic mass is 16.1. The lowest BCUT2D eigenvalue weighted by molar-refractivity contribution is -0.127. The van der Waals surface area contributed by atoms with Crippen molar-refractivity contribution in [1.29, 1.82) is 0 Å². The second kappa shape index (κ2) is 5.75. The lowest BCUT2D eigenvalue weighted by atomic mass is 9.81. The number of ketones is 1. The molecule has 4 nitrogen and oxygen atoms in total. The normalized spacial score (nSPS) is 14.4. The Kier molecular flexibility index (Phi) is 4.23. The van der Waals surface area contributed by atoms with Crippen molar-refractivity contribution in [3.63, 3.8) is 0 Å². The molecular formula is C16H23N3O. The monoisotopic (exact) mass is 273 g/mol. The molecule has 0 aliphatic rings. The second-order valence-electron chi connectivity index (χ2n) is 5.50. The molecule has 0 fully saturated rings. The van der Waals surface area contributed by atoms with Crippen molar-refractivity contribution >= 4 is 16.7 Å². The zero-order valence-electron chi connectivity index (χ0n) is 12.5. The van der Waals surface area contributed by atoms with Gasteiger partial charge in [0.1, 0.15) is 5.78 Å². The highest BCUT2D eigenvalue weighted by Crippen LogP contribution is 2.25. The molecule has 0 spiro atoms. The highest BCUT2D eigenvalue weighted by Gasteiger charge is 2.30. The summed E-state index contributed by atoms with van der Waals surface area (Å²) >= 11 is 0. The third-order valence-electron chi connectivity index (χ3n) is 4.27. The summed E-state index contributed by atoms with van der Waals surface area (Å²) in [7, 11) is 0. The molecule has 2 aromatic rings. The molecular weight excluding hydrogens is 250 g/mol. The second-order valence-corrected chi connectivity index (χ2v) is 5.50. The number of rotatable bonds is 6. The first kappa shape index (κ1) is 14.7. The molecule has 4 heteroatoms. The summed E-state index contributed by atoms with van der Waals surface area (Å²) in [6.07, 6.45) is 1.11. The van der Waals surface area contributed by atoms with Gasteiger partial charge in [-0.1, -0.05) is 32.0 Å². The van der Waals surface area contributed by atoms with Crippen molar-refractivity contribution in [1.82, 2.24) is 9.78 Å². The number of carbonyl (C=O) groups is 1. The van der Waals surface area contributed by atoms with E-state index in [1.165, 1.54) is 0 Å². The van der Waals surface area contributed by atoms with E-state index in [-0.39, 0.29) is 5.78 Å². The predicted octanol–water partition coefficient (Wildman–Crippen LogP) is 2.54. The van der Waals surface area contributed by atoms with Crippen LogP contribution in [0.25, 0.3) is 10.9 Å². The van der Waals surface area contributed by atoms with Crippen LogP contribution < -0.4 is 5.73 Å². The Morgan fingerprint density at radius 3 is 2.65 bits per heavy atom. The van der Waals surface area contributed by atoms with Crippen LogP contribution in [-0.4, -0.2) is 22.1 Å². The van der Waals surface area contributed by atoms with E-state index in [1.807, 2.05) is 42.8 Å². The van der Waals surface area contributed by atoms with Gasteiger partial charge in [-0.25, -0.2) is 0 Å². The Morgan fingerprint density at radius 1 is 1.35 bits per heavy atom. The number of fused-ring (bicyclic) bond motifs is 1. The van der Waals surface area contributed by atoms with Crippen molar-refractivity contribution in [3.8, 4) is 0 Å². The lowest BCUT2D eigenvalue weighted by Gasteiger charge is -2.24. The number of carbonyl (C=O) groups excluding carboxylic acids is 1. The molecule has 0 amide bonds. The predicted molar refractivity (Wildman–Crippen MR) is 81.6 cm³/mol. The van der Waals surface area contributed by atoms with Gasteiger partial charge in [-0.15, -0.1) is 0 Å². The van der Waals surface area contributed by atoms with Gasteiger partial charge in [-0.05, 0) is 19.4 Å². The van der Waals surface area contributed by atoms with Crippen LogP contribution in [0.15, 0.2) is 24.3 Å². The molecule has 108 valence electrons. The third kappa shape index (κ3) is 2.48. The van der Waals surface area contributed by atoms with Crippen molar-refractivity contribution in [2.24, 2.45) is 11.1 Å². The van der Waals surface area contributed by atoms with E-state index in [0.717, 1.165) is 29.6 Å². The lowest BCUT2D eigenvalue weighted by Crippen LogP contribution is -2.36. The molecule has 1 aromatic heterocycles. The van der Waals surface area contributed by atoms with Gasteiger partial charge in [-0.3, -0.25) is 9.48 Å². The molecule has 1 aromatic carbocycles.